The first-order chi connectivity index (χ1) is 13.2. The highest BCUT2D eigenvalue weighted by atomic mass is 35.5. The standard InChI is InChI=1S/C21H23ClF2O3S/c1-21(2)12-26-20(27-13-21)10-9-19(17-11-15(23)5-8-18(17)24)28(25)16-6-3-14(22)4-7-16/h3-8,11,19-20H,9-10,12-13H2,1-2H3. The summed E-state index contributed by atoms with van der Waals surface area (Å²) in [6.45, 7) is 5.20. The average molecular weight is 429 g/mol. The van der Waals surface area contributed by atoms with Crippen LogP contribution in [0.1, 0.15) is 37.5 Å². The number of ether oxygens (including phenoxy) is 2. The van der Waals surface area contributed by atoms with E-state index in [4.69, 9.17) is 21.1 Å². The molecule has 0 radical (unpaired) electrons. The Hall–Kier alpha value is -1.34. The summed E-state index contributed by atoms with van der Waals surface area (Å²) in [5.41, 5.74) is 0.0286. The maximum Gasteiger partial charge on any atom is 0.157 e. The van der Waals surface area contributed by atoms with Crippen molar-refractivity contribution < 1.29 is 22.5 Å². The second-order valence-electron chi connectivity index (χ2n) is 7.70. The number of benzene rings is 2. The molecular weight excluding hydrogens is 406 g/mol. The molecule has 1 saturated heterocycles. The summed E-state index contributed by atoms with van der Waals surface area (Å²) in [7, 11) is -1.60. The maximum absolute atomic E-state index is 14.4. The first-order valence-corrected chi connectivity index (χ1v) is 10.7. The fourth-order valence-electron chi connectivity index (χ4n) is 3.05. The van der Waals surface area contributed by atoms with Crippen LogP contribution in [0.2, 0.25) is 5.02 Å². The lowest BCUT2D eigenvalue weighted by Crippen LogP contribution is -2.37. The first-order valence-electron chi connectivity index (χ1n) is 9.09. The monoisotopic (exact) mass is 428 g/mol. The lowest BCUT2D eigenvalue weighted by molar-refractivity contribution is -0.224. The molecule has 2 aromatic rings. The Morgan fingerprint density at radius 3 is 2.43 bits per heavy atom. The molecule has 152 valence electrons. The molecule has 0 aliphatic carbocycles. The Morgan fingerprint density at radius 1 is 1.14 bits per heavy atom. The van der Waals surface area contributed by atoms with E-state index in [1.165, 1.54) is 0 Å². The lowest BCUT2D eigenvalue weighted by atomic mass is 9.95. The van der Waals surface area contributed by atoms with Gasteiger partial charge in [0.15, 0.2) is 6.29 Å². The molecule has 0 bridgehead atoms. The molecule has 3 rings (SSSR count). The summed E-state index contributed by atoms with van der Waals surface area (Å²) < 4.78 is 52.9. The second-order valence-corrected chi connectivity index (χ2v) is 9.77. The molecule has 0 saturated carbocycles. The summed E-state index contributed by atoms with van der Waals surface area (Å²) in [6, 6.07) is 9.76. The Kier molecular flexibility index (Phi) is 6.86. The normalized spacial score (nSPS) is 19.3. The predicted molar refractivity (Wildman–Crippen MR) is 106 cm³/mol. The van der Waals surface area contributed by atoms with E-state index in [9.17, 15) is 13.0 Å². The maximum atomic E-state index is 14.4. The van der Waals surface area contributed by atoms with Crippen molar-refractivity contribution >= 4 is 22.4 Å². The van der Waals surface area contributed by atoms with Crippen LogP contribution in [-0.4, -0.2) is 23.7 Å². The van der Waals surface area contributed by atoms with Crippen LogP contribution in [0.15, 0.2) is 47.4 Å². The number of rotatable bonds is 6. The van der Waals surface area contributed by atoms with Gasteiger partial charge in [-0.05, 0) is 55.3 Å². The minimum atomic E-state index is -1.60. The fraction of sp³-hybridized carbons (Fsp3) is 0.429. The Balaban J connectivity index is 1.81. The summed E-state index contributed by atoms with van der Waals surface area (Å²) >= 11 is 5.90. The quantitative estimate of drug-likeness (QED) is 0.596. The SMILES string of the molecule is CC1(C)COC(CCC(c2cc(F)ccc2F)S(=O)c2ccc(Cl)cc2)OC1. The van der Waals surface area contributed by atoms with Crippen molar-refractivity contribution in [2.24, 2.45) is 5.41 Å². The van der Waals surface area contributed by atoms with Gasteiger partial charge < -0.3 is 9.47 Å². The molecule has 1 heterocycles. The predicted octanol–water partition coefficient (Wildman–Crippen LogP) is 5.65. The molecule has 0 N–H and O–H groups in total. The van der Waals surface area contributed by atoms with E-state index >= 15 is 0 Å². The fourth-order valence-corrected chi connectivity index (χ4v) is 4.67. The third-order valence-electron chi connectivity index (χ3n) is 4.59. The first kappa shape index (κ1) is 21.4. The average Bonchev–Trinajstić information content (AvgIpc) is 2.66. The van der Waals surface area contributed by atoms with Crippen molar-refractivity contribution in [2.45, 2.75) is 43.1 Å². The van der Waals surface area contributed by atoms with E-state index in [0.29, 0.717) is 36.0 Å². The van der Waals surface area contributed by atoms with E-state index in [0.717, 1.165) is 18.2 Å². The number of hydrogen-bond donors (Lipinski definition) is 0. The summed E-state index contributed by atoms with van der Waals surface area (Å²) in [4.78, 5) is 0.504. The Morgan fingerprint density at radius 2 is 1.79 bits per heavy atom. The largest absolute Gasteiger partial charge is 0.352 e. The van der Waals surface area contributed by atoms with Crippen LogP contribution in [0.4, 0.5) is 8.78 Å². The highest BCUT2D eigenvalue weighted by Gasteiger charge is 2.31. The van der Waals surface area contributed by atoms with Crippen LogP contribution in [0.5, 0.6) is 0 Å². The van der Waals surface area contributed by atoms with Crippen LogP contribution >= 0.6 is 11.6 Å². The minimum absolute atomic E-state index is 0.0588. The van der Waals surface area contributed by atoms with E-state index < -0.39 is 34.0 Å². The molecule has 1 aliphatic rings. The van der Waals surface area contributed by atoms with Crippen molar-refractivity contribution in [2.75, 3.05) is 13.2 Å². The smallest absolute Gasteiger partial charge is 0.157 e. The van der Waals surface area contributed by atoms with Gasteiger partial charge in [-0.2, -0.15) is 0 Å². The van der Waals surface area contributed by atoms with Gasteiger partial charge in [0.25, 0.3) is 0 Å². The third kappa shape index (κ3) is 5.38. The van der Waals surface area contributed by atoms with Crippen molar-refractivity contribution in [1.82, 2.24) is 0 Å². The van der Waals surface area contributed by atoms with Crippen molar-refractivity contribution in [1.29, 1.82) is 0 Å². The van der Waals surface area contributed by atoms with Gasteiger partial charge in [-0.15, -0.1) is 0 Å². The van der Waals surface area contributed by atoms with Gasteiger partial charge in [0.1, 0.15) is 11.6 Å². The molecule has 1 fully saturated rings. The van der Waals surface area contributed by atoms with E-state index in [2.05, 4.69) is 0 Å². The zero-order chi connectivity index (χ0) is 20.3. The van der Waals surface area contributed by atoms with Crippen LogP contribution in [-0.2, 0) is 20.3 Å². The summed E-state index contributed by atoms with van der Waals surface area (Å²) in [5.74, 6) is -1.15. The van der Waals surface area contributed by atoms with Crippen LogP contribution in [0.25, 0.3) is 0 Å². The number of halogens is 3. The molecule has 2 unspecified atom stereocenters. The van der Waals surface area contributed by atoms with Crippen molar-refractivity contribution in [3.05, 3.63) is 64.7 Å². The highest BCUT2D eigenvalue weighted by Crippen LogP contribution is 2.34. The molecule has 0 amide bonds. The molecule has 2 atom stereocenters. The molecule has 0 aromatic heterocycles. The number of hydrogen-bond acceptors (Lipinski definition) is 3. The van der Waals surface area contributed by atoms with Gasteiger partial charge >= 0.3 is 0 Å². The topological polar surface area (TPSA) is 35.5 Å². The molecule has 0 spiro atoms. The van der Waals surface area contributed by atoms with Gasteiger partial charge in [-0.1, -0.05) is 25.4 Å². The molecule has 7 heteroatoms. The van der Waals surface area contributed by atoms with Gasteiger partial charge in [0, 0.05) is 20.9 Å². The molecule has 28 heavy (non-hydrogen) atoms. The molecule has 3 nitrogen and oxygen atoms in total. The highest BCUT2D eigenvalue weighted by molar-refractivity contribution is 7.85. The molecule has 2 aromatic carbocycles. The molecule has 1 aliphatic heterocycles. The Labute approximate surface area is 171 Å². The van der Waals surface area contributed by atoms with Crippen LogP contribution in [0.3, 0.4) is 0 Å². The van der Waals surface area contributed by atoms with Gasteiger partial charge in [-0.25, -0.2) is 8.78 Å². The Bertz CT molecular complexity index is 832. The van der Waals surface area contributed by atoms with E-state index in [1.54, 1.807) is 24.3 Å². The van der Waals surface area contributed by atoms with Gasteiger partial charge in [-0.3, -0.25) is 4.21 Å². The van der Waals surface area contributed by atoms with E-state index in [1.807, 2.05) is 13.8 Å². The zero-order valence-corrected chi connectivity index (χ0v) is 17.4. The third-order valence-corrected chi connectivity index (χ3v) is 6.59. The van der Waals surface area contributed by atoms with E-state index in [-0.39, 0.29) is 11.0 Å². The van der Waals surface area contributed by atoms with Crippen LogP contribution < -0.4 is 0 Å². The summed E-state index contributed by atoms with van der Waals surface area (Å²) in [5, 5.41) is -0.222. The zero-order valence-electron chi connectivity index (χ0n) is 15.8. The van der Waals surface area contributed by atoms with Gasteiger partial charge in [0.2, 0.25) is 0 Å². The van der Waals surface area contributed by atoms with Gasteiger partial charge in [0.05, 0.1) is 29.3 Å². The molecular formula is C21H23ClF2O3S. The van der Waals surface area contributed by atoms with Crippen molar-refractivity contribution in [3.8, 4) is 0 Å². The lowest BCUT2D eigenvalue weighted by Gasteiger charge is -2.35. The second kappa shape index (κ2) is 8.99. The van der Waals surface area contributed by atoms with Crippen molar-refractivity contribution in [3.63, 3.8) is 0 Å². The minimum Gasteiger partial charge on any atom is -0.352 e. The van der Waals surface area contributed by atoms with Crippen LogP contribution in [0, 0.1) is 17.0 Å². The summed E-state index contributed by atoms with van der Waals surface area (Å²) in [6.07, 6.45) is 0.297.